The summed E-state index contributed by atoms with van der Waals surface area (Å²) in [7, 11) is 0. The average molecular weight is 1110 g/mol. The molecule has 0 fully saturated rings. The molecule has 0 radical (unpaired) electrons. The van der Waals surface area contributed by atoms with Crippen molar-refractivity contribution in [2.24, 2.45) is 5.41 Å². The van der Waals surface area contributed by atoms with Gasteiger partial charge in [-0.15, -0.1) is 0 Å². The fraction of sp³-hybridized carbons (Fsp3) is 0.803. The lowest BCUT2D eigenvalue weighted by molar-refractivity contribution is -0.138. The first kappa shape index (κ1) is 72.3. The number of aliphatic hydroxyl groups excluding tert-OH is 3. The van der Waals surface area contributed by atoms with Crippen molar-refractivity contribution in [3.63, 3.8) is 0 Å². The molecule has 8 nitrogen and oxygen atoms in total. The number of rotatable bonds is 42. The van der Waals surface area contributed by atoms with Crippen molar-refractivity contribution < 1.29 is 39.5 Å². The molecule has 0 heterocycles. The Morgan fingerprint density at radius 2 is 0.532 bits per heavy atom. The lowest BCUT2D eigenvalue weighted by Crippen LogP contribution is -2.57. The number of ether oxygens (including phenoxy) is 2. The molecule has 0 saturated carbocycles. The van der Waals surface area contributed by atoms with Gasteiger partial charge in [0.1, 0.15) is 5.60 Å². The van der Waals surface area contributed by atoms with Crippen molar-refractivity contribution >= 4 is 11.9 Å². The molecule has 2 aromatic rings. The van der Waals surface area contributed by atoms with Gasteiger partial charge < -0.3 is 29.9 Å². The van der Waals surface area contributed by atoms with Crippen LogP contribution >= 0.6 is 0 Å². The second-order valence-corrected chi connectivity index (χ2v) is 28.2. The van der Waals surface area contributed by atoms with Crippen molar-refractivity contribution in [1.82, 2.24) is 0 Å². The van der Waals surface area contributed by atoms with E-state index < -0.39 is 64.4 Å². The third kappa shape index (κ3) is 24.2. The van der Waals surface area contributed by atoms with Gasteiger partial charge in [0.25, 0.3) is 0 Å². The third-order valence-electron chi connectivity index (χ3n) is 16.8. The van der Waals surface area contributed by atoms with E-state index in [2.05, 4.69) is 13.8 Å². The predicted molar refractivity (Wildman–Crippen MR) is 334 cm³/mol. The van der Waals surface area contributed by atoms with E-state index >= 15 is 0 Å². The molecular weight excluding hydrogens is 981 g/mol. The molecule has 0 aliphatic carbocycles. The van der Waals surface area contributed by atoms with Gasteiger partial charge >= 0.3 is 11.9 Å². The van der Waals surface area contributed by atoms with Crippen molar-refractivity contribution in [3.05, 3.63) is 68.8 Å². The predicted octanol–water partition coefficient (Wildman–Crippen LogP) is 18.9. The monoisotopic (exact) mass is 1100 g/mol. The Morgan fingerprint density at radius 1 is 0.342 bits per heavy atom. The summed E-state index contributed by atoms with van der Waals surface area (Å²) in [5.74, 6) is -0.893. The number of hydrogen-bond acceptors (Lipinski definition) is 8. The SMILES string of the molecule is CCCCCCCCCCCCCCCCCCOC(=O)c1cc(C(C)(C)C)c(C(O)(c2c(C(C)(C)C)cc(C(=O)OCCCCCCCCCCCCCCCCCC)cc2C(C)(C)C)C(CO)(CO)CO)c(C(C)(C)C)c1. The molecule has 0 aliphatic heterocycles. The Labute approximate surface area is 486 Å². The van der Waals surface area contributed by atoms with Crippen LogP contribution in [0.3, 0.4) is 0 Å². The highest BCUT2D eigenvalue weighted by molar-refractivity contribution is 5.91. The van der Waals surface area contributed by atoms with Crippen LogP contribution in [0.5, 0.6) is 0 Å². The number of carbonyl (C=O) groups excluding carboxylic acids is 2. The van der Waals surface area contributed by atoms with E-state index in [0.29, 0.717) is 57.7 Å². The van der Waals surface area contributed by atoms with Gasteiger partial charge in [0, 0.05) is 0 Å². The van der Waals surface area contributed by atoms with E-state index in [4.69, 9.17) is 9.47 Å². The van der Waals surface area contributed by atoms with Crippen LogP contribution < -0.4 is 0 Å². The van der Waals surface area contributed by atoms with Gasteiger partial charge in [-0.25, -0.2) is 9.59 Å². The highest BCUT2D eigenvalue weighted by atomic mass is 16.5. The Morgan fingerprint density at radius 3 is 0.709 bits per heavy atom. The fourth-order valence-electron chi connectivity index (χ4n) is 11.6. The first-order valence-corrected chi connectivity index (χ1v) is 32.6. The van der Waals surface area contributed by atoms with Gasteiger partial charge in [-0.3, -0.25) is 0 Å². The zero-order valence-corrected chi connectivity index (χ0v) is 53.9. The number of unbranched alkanes of at least 4 members (excludes halogenated alkanes) is 30. The number of aliphatic hydroxyl groups is 4. The largest absolute Gasteiger partial charge is 0.462 e. The van der Waals surface area contributed by atoms with Crippen LogP contribution in [0.1, 0.15) is 356 Å². The normalized spacial score (nSPS) is 12.9. The molecule has 0 spiro atoms. The van der Waals surface area contributed by atoms with Crippen molar-refractivity contribution in [2.45, 2.75) is 330 Å². The smallest absolute Gasteiger partial charge is 0.338 e. The first-order valence-electron chi connectivity index (χ1n) is 32.6. The van der Waals surface area contributed by atoms with Crippen molar-refractivity contribution in [2.75, 3.05) is 33.0 Å². The first-order chi connectivity index (χ1) is 37.3. The number of esters is 2. The van der Waals surface area contributed by atoms with Gasteiger partial charge in [-0.1, -0.05) is 290 Å². The molecule has 0 saturated heterocycles. The lowest BCUT2D eigenvalue weighted by atomic mass is 9.56. The zero-order chi connectivity index (χ0) is 59.2. The quantitative estimate of drug-likeness (QED) is 0.0382. The summed E-state index contributed by atoms with van der Waals surface area (Å²) in [5.41, 5.74) is -3.04. The molecule has 0 atom stereocenters. The van der Waals surface area contributed by atoms with Gasteiger partial charge in [0.2, 0.25) is 0 Å². The average Bonchev–Trinajstić information content (AvgIpc) is 3.42. The van der Waals surface area contributed by atoms with Gasteiger partial charge in [-0.05, 0) is 92.1 Å². The van der Waals surface area contributed by atoms with Crippen LogP contribution in [0.4, 0.5) is 0 Å². The molecule has 456 valence electrons. The van der Waals surface area contributed by atoms with E-state index in [0.717, 1.165) is 38.5 Å². The maximum absolute atomic E-state index is 14.5. The molecule has 0 unspecified atom stereocenters. The van der Waals surface area contributed by atoms with Gasteiger partial charge in [0.15, 0.2) is 0 Å². The summed E-state index contributed by atoms with van der Waals surface area (Å²) in [4.78, 5) is 28.4. The molecule has 79 heavy (non-hydrogen) atoms. The van der Waals surface area contributed by atoms with E-state index in [-0.39, 0.29) is 0 Å². The number of benzene rings is 2. The molecule has 2 rings (SSSR count). The summed E-state index contributed by atoms with van der Waals surface area (Å²) in [5, 5.41) is 49.4. The molecule has 0 bridgehead atoms. The third-order valence-corrected chi connectivity index (χ3v) is 16.8. The minimum atomic E-state index is -2.28. The number of hydrogen-bond donors (Lipinski definition) is 4. The maximum Gasteiger partial charge on any atom is 0.338 e. The van der Waals surface area contributed by atoms with E-state index in [1.165, 1.54) is 167 Å². The minimum Gasteiger partial charge on any atom is -0.462 e. The van der Waals surface area contributed by atoms with Crippen LogP contribution in [0.2, 0.25) is 0 Å². The summed E-state index contributed by atoms with van der Waals surface area (Å²) < 4.78 is 12.0. The summed E-state index contributed by atoms with van der Waals surface area (Å²) in [6, 6.07) is 7.22. The van der Waals surface area contributed by atoms with E-state index in [9.17, 15) is 30.0 Å². The highest BCUT2D eigenvalue weighted by Gasteiger charge is 2.58. The minimum absolute atomic E-state index is 0.305. The number of carbonyl (C=O) groups is 2. The standard InChI is InChI=1S/C71H124O8/c1-15-17-19-21-23-25-27-29-31-33-35-37-39-41-43-45-47-78-64(75)56-49-58(66(3,4)5)62(59(50-56)67(6,7)8)71(77,70(53-72,54-73)55-74)63-60(68(9,10)11)51-57(52-61(63)69(12,13)14)65(76)79-48-46-44-42-40-38-36-34-32-30-28-26-24-22-20-18-16-2/h49-52,72-74,77H,15-48,53-55H2,1-14H3. The summed E-state index contributed by atoms with van der Waals surface area (Å²) in [6.45, 7) is 27.1. The van der Waals surface area contributed by atoms with Crippen LogP contribution in [0, 0.1) is 5.41 Å². The topological polar surface area (TPSA) is 134 Å². The molecule has 0 aliphatic rings. The highest BCUT2D eigenvalue weighted by Crippen LogP contribution is 2.56. The Hall–Kier alpha value is -2.78. The van der Waals surface area contributed by atoms with Crippen molar-refractivity contribution in [3.8, 4) is 0 Å². The Bertz CT molecular complexity index is 1770. The molecule has 8 heteroatoms. The van der Waals surface area contributed by atoms with Crippen molar-refractivity contribution in [1.29, 1.82) is 0 Å². The second kappa shape index (κ2) is 36.7. The molecule has 2 aromatic carbocycles. The molecule has 0 aromatic heterocycles. The van der Waals surface area contributed by atoms with E-state index in [1.54, 1.807) is 24.3 Å². The summed E-state index contributed by atoms with van der Waals surface area (Å²) >= 11 is 0. The maximum atomic E-state index is 14.5. The molecular formula is C71H124O8. The molecule has 0 amide bonds. The van der Waals surface area contributed by atoms with Crippen LogP contribution in [0.15, 0.2) is 24.3 Å². The van der Waals surface area contributed by atoms with Gasteiger partial charge in [-0.2, -0.15) is 0 Å². The Balaban J connectivity index is 2.42. The Kier molecular flexibility index (Phi) is 33.6. The zero-order valence-electron chi connectivity index (χ0n) is 53.9. The van der Waals surface area contributed by atoms with Crippen LogP contribution in [-0.2, 0) is 36.7 Å². The van der Waals surface area contributed by atoms with Crippen LogP contribution in [0.25, 0.3) is 0 Å². The summed E-state index contributed by atoms with van der Waals surface area (Å²) in [6.07, 6.45) is 40.4. The lowest BCUT2D eigenvalue weighted by Gasteiger charge is -2.51. The van der Waals surface area contributed by atoms with Gasteiger partial charge in [0.05, 0.1) is 49.6 Å². The molecule has 4 N–H and O–H groups in total. The second-order valence-electron chi connectivity index (χ2n) is 28.2. The van der Waals surface area contributed by atoms with Crippen LogP contribution in [-0.4, -0.2) is 65.4 Å². The van der Waals surface area contributed by atoms with E-state index in [1.807, 2.05) is 83.1 Å². The fourth-order valence-corrected chi connectivity index (χ4v) is 11.6.